The molecule has 0 radical (unpaired) electrons. The second kappa shape index (κ2) is 10.5. The number of carbonyl (C=O) groups excluding carboxylic acids is 2. The Hall–Kier alpha value is -2.96. The van der Waals surface area contributed by atoms with Crippen molar-refractivity contribution in [1.29, 1.82) is 0 Å². The standard InChI is InChI=1S/C22H28F2N4O6/c1-13(30)25-8-15-10-28(22(31)34-15)14-6-19(23)21(20(24)7-14)27-11-17-16(18(17)12-27)9-26-33-5-4-32-3-2-29/h6-7,9,15,17-18,26,29H,2-5,8,10-12H2,1H3,(H,25,30)/t15-,17-,18+/m0/s1. The highest BCUT2D eigenvalue weighted by Crippen LogP contribution is 2.52. The van der Waals surface area contributed by atoms with Gasteiger partial charge in [-0.3, -0.25) is 20.0 Å². The predicted molar refractivity (Wildman–Crippen MR) is 117 cm³/mol. The number of carbonyl (C=O) groups is 2. The summed E-state index contributed by atoms with van der Waals surface area (Å²) in [5, 5.41) is 11.2. The maximum Gasteiger partial charge on any atom is 0.414 e. The maximum atomic E-state index is 14.9. The molecule has 12 heteroatoms. The maximum absolute atomic E-state index is 14.9. The van der Waals surface area contributed by atoms with Crippen molar-refractivity contribution in [3.8, 4) is 0 Å². The molecule has 34 heavy (non-hydrogen) atoms. The van der Waals surface area contributed by atoms with Crippen LogP contribution in [0.15, 0.2) is 23.9 Å². The number of cyclic esters (lactones) is 1. The summed E-state index contributed by atoms with van der Waals surface area (Å²) >= 11 is 0. The third-order valence-electron chi connectivity index (χ3n) is 6.02. The number of anilines is 2. The molecule has 10 nitrogen and oxygen atoms in total. The average Bonchev–Trinajstić information content (AvgIpc) is 3.10. The number of hydrogen-bond donors (Lipinski definition) is 3. The number of rotatable bonds is 11. The molecule has 3 N–H and O–H groups in total. The van der Waals surface area contributed by atoms with Crippen LogP contribution in [0.1, 0.15) is 6.92 Å². The van der Waals surface area contributed by atoms with Gasteiger partial charge in [-0.15, -0.1) is 0 Å². The van der Waals surface area contributed by atoms with E-state index in [2.05, 4.69) is 10.8 Å². The number of aliphatic hydroxyl groups is 1. The minimum Gasteiger partial charge on any atom is -0.442 e. The molecule has 3 fully saturated rings. The van der Waals surface area contributed by atoms with Gasteiger partial charge < -0.3 is 24.8 Å². The first-order valence-corrected chi connectivity index (χ1v) is 11.1. The molecule has 4 rings (SSSR count). The molecule has 1 aromatic carbocycles. The van der Waals surface area contributed by atoms with Crippen molar-refractivity contribution in [3.05, 3.63) is 35.5 Å². The number of ether oxygens (including phenoxy) is 2. The molecular formula is C22H28F2N4O6. The van der Waals surface area contributed by atoms with E-state index >= 15 is 0 Å². The summed E-state index contributed by atoms with van der Waals surface area (Å²) in [6.45, 7) is 3.44. The van der Waals surface area contributed by atoms with Crippen molar-refractivity contribution in [2.45, 2.75) is 13.0 Å². The quantitative estimate of drug-likeness (QED) is 0.315. The van der Waals surface area contributed by atoms with Gasteiger partial charge in [-0.2, -0.15) is 0 Å². The number of fused-ring (bicyclic) bond motifs is 1. The molecule has 3 atom stereocenters. The fourth-order valence-electron chi connectivity index (χ4n) is 4.36. The van der Waals surface area contributed by atoms with E-state index in [1.54, 1.807) is 11.1 Å². The zero-order valence-corrected chi connectivity index (χ0v) is 18.8. The van der Waals surface area contributed by atoms with Crippen molar-refractivity contribution in [2.24, 2.45) is 11.8 Å². The van der Waals surface area contributed by atoms with Crippen molar-refractivity contribution in [2.75, 3.05) is 62.4 Å². The van der Waals surface area contributed by atoms with Crippen molar-refractivity contribution in [1.82, 2.24) is 10.8 Å². The number of halogens is 2. The second-order valence-electron chi connectivity index (χ2n) is 8.38. The molecule has 186 valence electrons. The molecule has 1 aromatic rings. The van der Waals surface area contributed by atoms with Crippen LogP contribution in [0, 0.1) is 23.5 Å². The summed E-state index contributed by atoms with van der Waals surface area (Å²) in [5.41, 5.74) is 3.85. The Balaban J connectivity index is 1.30. The van der Waals surface area contributed by atoms with Gasteiger partial charge in [0.05, 0.1) is 45.2 Å². The van der Waals surface area contributed by atoms with E-state index in [1.165, 1.54) is 6.92 Å². The molecule has 2 saturated heterocycles. The molecule has 0 aromatic heterocycles. The van der Waals surface area contributed by atoms with Gasteiger partial charge in [0.25, 0.3) is 0 Å². The van der Waals surface area contributed by atoms with Crippen LogP contribution in [0.3, 0.4) is 0 Å². The van der Waals surface area contributed by atoms with Crippen molar-refractivity contribution < 1.29 is 37.8 Å². The SMILES string of the molecule is CC(=O)NC[C@H]1CN(c2cc(F)c(N3C[C@@H]4C(=CNOCCOCCO)[C@@H]4C3)c(F)c2)C(=O)O1. The van der Waals surface area contributed by atoms with Gasteiger partial charge in [-0.25, -0.2) is 13.6 Å². The van der Waals surface area contributed by atoms with Crippen LogP contribution in [0.25, 0.3) is 0 Å². The average molecular weight is 482 g/mol. The first-order chi connectivity index (χ1) is 16.4. The van der Waals surface area contributed by atoms with Crippen LogP contribution in [0.2, 0.25) is 0 Å². The fourth-order valence-corrected chi connectivity index (χ4v) is 4.36. The molecule has 0 bridgehead atoms. The second-order valence-corrected chi connectivity index (χ2v) is 8.38. The summed E-state index contributed by atoms with van der Waals surface area (Å²) < 4.78 is 40.1. The van der Waals surface area contributed by atoms with E-state index in [0.29, 0.717) is 26.3 Å². The van der Waals surface area contributed by atoms with E-state index in [9.17, 15) is 18.4 Å². The molecule has 1 aliphatic carbocycles. The Morgan fingerprint density at radius 2 is 1.91 bits per heavy atom. The Morgan fingerprint density at radius 1 is 1.21 bits per heavy atom. The van der Waals surface area contributed by atoms with Gasteiger partial charge in [-0.05, 0) is 5.57 Å². The molecule has 2 aliphatic heterocycles. The van der Waals surface area contributed by atoms with E-state index < -0.39 is 23.8 Å². The van der Waals surface area contributed by atoms with Crippen LogP contribution < -0.4 is 20.6 Å². The largest absolute Gasteiger partial charge is 0.442 e. The Bertz CT molecular complexity index is 924. The molecule has 2 heterocycles. The number of aliphatic hydroxyl groups excluding tert-OH is 1. The smallest absolute Gasteiger partial charge is 0.414 e. The van der Waals surface area contributed by atoms with Gasteiger partial charge in [-0.1, -0.05) is 0 Å². The van der Waals surface area contributed by atoms with Gasteiger partial charge in [0.15, 0.2) is 11.6 Å². The first-order valence-electron chi connectivity index (χ1n) is 11.1. The number of nitrogens with one attached hydrogen (secondary N) is 2. The van der Waals surface area contributed by atoms with Crippen molar-refractivity contribution >= 4 is 23.4 Å². The molecule has 3 aliphatic rings. The number of piperidine rings is 1. The molecule has 0 unspecified atom stereocenters. The van der Waals surface area contributed by atoms with Crippen LogP contribution in [-0.4, -0.2) is 75.8 Å². The number of hydroxylamine groups is 1. The molecule has 2 amide bonds. The number of benzene rings is 1. The number of amides is 2. The normalized spacial score (nSPS) is 24.4. The van der Waals surface area contributed by atoms with Gasteiger partial charge in [0.1, 0.15) is 11.8 Å². The predicted octanol–water partition coefficient (Wildman–Crippen LogP) is 0.906. The van der Waals surface area contributed by atoms with Crippen LogP contribution in [0.5, 0.6) is 0 Å². The minimum atomic E-state index is -0.746. The zero-order chi connectivity index (χ0) is 24.2. The van der Waals surface area contributed by atoms with Crippen LogP contribution in [0.4, 0.5) is 25.0 Å². The fraction of sp³-hybridized carbons (Fsp3) is 0.545. The zero-order valence-electron chi connectivity index (χ0n) is 18.8. The highest BCUT2D eigenvalue weighted by Gasteiger charge is 2.51. The lowest BCUT2D eigenvalue weighted by Gasteiger charge is -2.23. The summed E-state index contributed by atoms with van der Waals surface area (Å²) in [6, 6.07) is 2.27. The Morgan fingerprint density at radius 3 is 2.56 bits per heavy atom. The summed E-state index contributed by atoms with van der Waals surface area (Å²) in [7, 11) is 0. The van der Waals surface area contributed by atoms with Gasteiger partial charge >= 0.3 is 6.09 Å². The third-order valence-corrected chi connectivity index (χ3v) is 6.02. The van der Waals surface area contributed by atoms with E-state index in [0.717, 1.165) is 22.6 Å². The Labute approximate surface area is 195 Å². The first kappa shape index (κ1) is 24.2. The van der Waals surface area contributed by atoms with E-state index in [-0.39, 0.29) is 55.4 Å². The number of nitrogens with zero attached hydrogens (tertiary/aromatic N) is 2. The summed E-state index contributed by atoms with van der Waals surface area (Å²) in [6.07, 6.45) is 0.461. The topological polar surface area (TPSA) is 113 Å². The lowest BCUT2D eigenvalue weighted by Crippen LogP contribution is -2.33. The van der Waals surface area contributed by atoms with Gasteiger partial charge in [0, 0.05) is 50.2 Å². The third kappa shape index (κ3) is 5.40. The van der Waals surface area contributed by atoms with Crippen molar-refractivity contribution in [3.63, 3.8) is 0 Å². The molecular weight excluding hydrogens is 454 g/mol. The van der Waals surface area contributed by atoms with Crippen LogP contribution in [-0.2, 0) is 19.1 Å². The molecule has 1 saturated carbocycles. The minimum absolute atomic E-state index is 0.0353. The van der Waals surface area contributed by atoms with E-state index in [4.69, 9.17) is 19.4 Å². The monoisotopic (exact) mass is 482 g/mol. The number of hydrogen-bond acceptors (Lipinski definition) is 8. The summed E-state index contributed by atoms with van der Waals surface area (Å²) in [5.74, 6) is -1.36. The lowest BCUT2D eigenvalue weighted by atomic mass is 10.2. The highest BCUT2D eigenvalue weighted by molar-refractivity contribution is 5.90. The highest BCUT2D eigenvalue weighted by atomic mass is 19.1. The van der Waals surface area contributed by atoms with E-state index in [1.807, 2.05) is 0 Å². The summed E-state index contributed by atoms with van der Waals surface area (Å²) in [4.78, 5) is 31.3. The lowest BCUT2D eigenvalue weighted by molar-refractivity contribution is -0.119. The molecule has 0 spiro atoms. The van der Waals surface area contributed by atoms with Crippen LogP contribution >= 0.6 is 0 Å². The Kier molecular flexibility index (Phi) is 7.49. The van der Waals surface area contributed by atoms with Gasteiger partial charge in [0.2, 0.25) is 5.91 Å².